The van der Waals surface area contributed by atoms with Crippen LogP contribution >= 0.6 is 0 Å². The van der Waals surface area contributed by atoms with Gasteiger partial charge in [0.25, 0.3) is 0 Å². The molecule has 1 fully saturated rings. The van der Waals surface area contributed by atoms with Crippen LogP contribution in [0.3, 0.4) is 0 Å². The molecule has 0 spiro atoms. The van der Waals surface area contributed by atoms with Gasteiger partial charge >= 0.3 is 5.97 Å². The molecule has 0 unspecified atom stereocenters. The molecule has 1 aliphatic rings. The fourth-order valence-corrected chi connectivity index (χ4v) is 2.14. The van der Waals surface area contributed by atoms with Gasteiger partial charge in [-0.15, -0.1) is 0 Å². The van der Waals surface area contributed by atoms with Crippen molar-refractivity contribution < 1.29 is 14.7 Å². The van der Waals surface area contributed by atoms with Gasteiger partial charge in [-0.3, -0.25) is 9.59 Å². The largest absolute Gasteiger partial charge is 0.481 e. The van der Waals surface area contributed by atoms with Crippen molar-refractivity contribution in [3.63, 3.8) is 0 Å². The summed E-state index contributed by atoms with van der Waals surface area (Å²) in [5.41, 5.74) is 3.00. The quantitative estimate of drug-likeness (QED) is 0.886. The number of aliphatic carboxylic acids is 1. The van der Waals surface area contributed by atoms with Gasteiger partial charge in [0.1, 0.15) is 0 Å². The first-order valence-corrected chi connectivity index (χ1v) is 6.60. The smallest absolute Gasteiger partial charge is 0.305 e. The Morgan fingerprint density at radius 3 is 2.58 bits per heavy atom. The van der Waals surface area contributed by atoms with Crippen LogP contribution in [-0.2, 0) is 9.59 Å². The second kappa shape index (κ2) is 5.43. The maximum atomic E-state index is 12.3. The lowest BCUT2D eigenvalue weighted by molar-refractivity contribution is -0.136. The number of carbonyl (C=O) groups is 2. The number of anilines is 1. The number of carbonyl (C=O) groups excluding carboxylic acids is 1. The minimum absolute atomic E-state index is 0.0220. The van der Waals surface area contributed by atoms with E-state index in [0.717, 1.165) is 29.7 Å². The van der Waals surface area contributed by atoms with E-state index in [4.69, 9.17) is 5.11 Å². The Bertz CT molecular complexity index is 506. The summed E-state index contributed by atoms with van der Waals surface area (Å²) in [5, 5.41) is 8.83. The summed E-state index contributed by atoms with van der Waals surface area (Å²) in [6, 6.07) is 5.80. The molecule has 0 aromatic heterocycles. The minimum atomic E-state index is -0.876. The molecule has 0 atom stereocenters. The number of aryl methyl sites for hydroxylation is 1. The Morgan fingerprint density at radius 2 is 2.00 bits per heavy atom. The third-order valence-electron chi connectivity index (χ3n) is 3.61. The van der Waals surface area contributed by atoms with Crippen molar-refractivity contribution in [1.29, 1.82) is 0 Å². The molecule has 1 aromatic rings. The molecular formula is C15H19NO3. The first-order chi connectivity index (χ1) is 9.00. The molecule has 4 nitrogen and oxygen atoms in total. The number of hydrogen-bond donors (Lipinski definition) is 1. The molecular weight excluding hydrogens is 242 g/mol. The molecule has 4 heteroatoms. The normalized spacial score (nSPS) is 14.2. The fraction of sp³-hybridized carbons (Fsp3) is 0.467. The third-order valence-corrected chi connectivity index (χ3v) is 3.61. The Balaban J connectivity index is 2.27. The number of carboxylic acid groups (broad SMARTS) is 1. The zero-order chi connectivity index (χ0) is 14.0. The molecule has 19 heavy (non-hydrogen) atoms. The van der Waals surface area contributed by atoms with Gasteiger partial charge in [-0.2, -0.15) is 0 Å². The second-order valence-corrected chi connectivity index (χ2v) is 5.13. The van der Waals surface area contributed by atoms with E-state index in [0.29, 0.717) is 0 Å². The highest BCUT2D eigenvalue weighted by Crippen LogP contribution is 2.34. The molecule has 2 rings (SSSR count). The molecule has 1 aliphatic carbocycles. The highest BCUT2D eigenvalue weighted by atomic mass is 16.4. The second-order valence-electron chi connectivity index (χ2n) is 5.13. The lowest BCUT2D eigenvalue weighted by Crippen LogP contribution is -2.34. The van der Waals surface area contributed by atoms with E-state index in [1.54, 1.807) is 4.90 Å². The summed E-state index contributed by atoms with van der Waals surface area (Å²) in [6.45, 7) is 4.21. The van der Waals surface area contributed by atoms with Gasteiger partial charge in [0.2, 0.25) is 5.91 Å². The summed E-state index contributed by atoms with van der Waals surface area (Å²) in [4.78, 5) is 24.7. The van der Waals surface area contributed by atoms with Crippen LogP contribution < -0.4 is 4.90 Å². The first kappa shape index (κ1) is 13.6. The summed E-state index contributed by atoms with van der Waals surface area (Å²) in [7, 11) is 0. The van der Waals surface area contributed by atoms with Gasteiger partial charge in [0.05, 0.1) is 6.42 Å². The summed E-state index contributed by atoms with van der Waals surface area (Å²) in [5.74, 6) is -0.720. The van der Waals surface area contributed by atoms with Crippen LogP contribution in [0.15, 0.2) is 18.2 Å². The average molecular weight is 261 g/mol. The molecule has 1 amide bonds. The highest BCUT2D eigenvalue weighted by molar-refractivity contribution is 5.97. The predicted octanol–water partition coefficient (Wildman–Crippen LogP) is 2.52. The average Bonchev–Trinajstić information content (AvgIpc) is 3.18. The van der Waals surface area contributed by atoms with E-state index in [1.807, 2.05) is 32.0 Å². The Morgan fingerprint density at radius 1 is 1.32 bits per heavy atom. The number of amides is 1. The standard InChI is InChI=1S/C15H19NO3/c1-10-4-3-5-13(11(10)2)16(9-8-14(17)18)15(19)12-6-7-12/h3-5,12H,6-9H2,1-2H3,(H,17,18). The fourth-order valence-electron chi connectivity index (χ4n) is 2.14. The van der Waals surface area contributed by atoms with Crippen LogP contribution in [0.2, 0.25) is 0 Å². The van der Waals surface area contributed by atoms with Crippen LogP contribution in [-0.4, -0.2) is 23.5 Å². The molecule has 102 valence electrons. The van der Waals surface area contributed by atoms with Crippen molar-refractivity contribution in [2.24, 2.45) is 5.92 Å². The summed E-state index contributed by atoms with van der Waals surface area (Å²) in [6.07, 6.45) is 1.83. The van der Waals surface area contributed by atoms with Crippen LogP contribution in [0.5, 0.6) is 0 Å². The molecule has 0 radical (unpaired) electrons. The van der Waals surface area contributed by atoms with Gasteiger partial charge in [0, 0.05) is 18.2 Å². The zero-order valence-corrected chi connectivity index (χ0v) is 11.3. The van der Waals surface area contributed by atoms with Gasteiger partial charge in [-0.1, -0.05) is 12.1 Å². The van der Waals surface area contributed by atoms with E-state index in [1.165, 1.54) is 0 Å². The molecule has 0 saturated heterocycles. The Kier molecular flexibility index (Phi) is 3.88. The topological polar surface area (TPSA) is 57.6 Å². The Labute approximate surface area is 113 Å². The van der Waals surface area contributed by atoms with Crippen molar-refractivity contribution >= 4 is 17.6 Å². The number of nitrogens with zero attached hydrogens (tertiary/aromatic N) is 1. The lowest BCUT2D eigenvalue weighted by atomic mass is 10.1. The summed E-state index contributed by atoms with van der Waals surface area (Å²) < 4.78 is 0. The number of hydrogen-bond acceptors (Lipinski definition) is 2. The highest BCUT2D eigenvalue weighted by Gasteiger charge is 2.34. The van der Waals surface area contributed by atoms with Crippen molar-refractivity contribution in [2.45, 2.75) is 33.1 Å². The van der Waals surface area contributed by atoms with E-state index in [2.05, 4.69) is 0 Å². The van der Waals surface area contributed by atoms with E-state index in [9.17, 15) is 9.59 Å². The van der Waals surface area contributed by atoms with E-state index >= 15 is 0 Å². The molecule has 0 heterocycles. The van der Waals surface area contributed by atoms with Gasteiger partial charge < -0.3 is 10.0 Å². The van der Waals surface area contributed by atoms with Crippen LogP contribution in [0.4, 0.5) is 5.69 Å². The van der Waals surface area contributed by atoms with Crippen molar-refractivity contribution in [1.82, 2.24) is 0 Å². The third kappa shape index (κ3) is 3.13. The van der Waals surface area contributed by atoms with E-state index in [-0.39, 0.29) is 24.8 Å². The number of rotatable bonds is 5. The van der Waals surface area contributed by atoms with Gasteiger partial charge in [-0.25, -0.2) is 0 Å². The van der Waals surface area contributed by atoms with Crippen molar-refractivity contribution in [3.05, 3.63) is 29.3 Å². The van der Waals surface area contributed by atoms with Crippen LogP contribution in [0.25, 0.3) is 0 Å². The summed E-state index contributed by atoms with van der Waals surface area (Å²) >= 11 is 0. The van der Waals surface area contributed by atoms with Gasteiger partial charge in [-0.05, 0) is 43.9 Å². The lowest BCUT2D eigenvalue weighted by Gasteiger charge is -2.24. The Hall–Kier alpha value is -1.84. The molecule has 1 N–H and O–H groups in total. The predicted molar refractivity (Wildman–Crippen MR) is 73.2 cm³/mol. The molecule has 1 aromatic carbocycles. The van der Waals surface area contributed by atoms with Crippen LogP contribution in [0, 0.1) is 19.8 Å². The minimum Gasteiger partial charge on any atom is -0.481 e. The van der Waals surface area contributed by atoms with Crippen molar-refractivity contribution in [2.75, 3.05) is 11.4 Å². The monoisotopic (exact) mass is 261 g/mol. The number of benzene rings is 1. The van der Waals surface area contributed by atoms with Gasteiger partial charge in [0.15, 0.2) is 0 Å². The van der Waals surface area contributed by atoms with Crippen LogP contribution in [0.1, 0.15) is 30.4 Å². The van der Waals surface area contributed by atoms with Crippen molar-refractivity contribution in [3.8, 4) is 0 Å². The maximum Gasteiger partial charge on any atom is 0.305 e. The van der Waals surface area contributed by atoms with E-state index < -0.39 is 5.97 Å². The molecule has 1 saturated carbocycles. The number of carboxylic acids is 1. The molecule has 0 bridgehead atoms. The SMILES string of the molecule is Cc1cccc(N(CCC(=O)O)C(=O)C2CC2)c1C. The maximum absolute atomic E-state index is 12.3. The molecule has 0 aliphatic heterocycles. The zero-order valence-electron chi connectivity index (χ0n) is 11.3. The first-order valence-electron chi connectivity index (χ1n) is 6.60.